The van der Waals surface area contributed by atoms with Crippen LogP contribution in [0.15, 0.2) is 52.5 Å². The van der Waals surface area contributed by atoms with E-state index in [1.807, 2.05) is 36.4 Å². The molecule has 1 amide bonds. The number of rotatable bonds is 7. The third kappa shape index (κ3) is 4.73. The fourth-order valence-electron chi connectivity index (χ4n) is 4.08. The van der Waals surface area contributed by atoms with E-state index in [1.54, 1.807) is 10.8 Å². The van der Waals surface area contributed by atoms with Crippen molar-refractivity contribution in [3.05, 3.63) is 58.5 Å². The Balaban J connectivity index is 1.41. The molecule has 4 aromatic rings. The average Bonchev–Trinajstić information content (AvgIpc) is 3.48. The minimum absolute atomic E-state index is 0.0166. The van der Waals surface area contributed by atoms with E-state index in [9.17, 15) is 9.59 Å². The van der Waals surface area contributed by atoms with Crippen molar-refractivity contribution >= 4 is 55.1 Å². The van der Waals surface area contributed by atoms with Gasteiger partial charge in [0, 0.05) is 23.9 Å². The van der Waals surface area contributed by atoms with Crippen LogP contribution in [0.4, 0.5) is 5.69 Å². The van der Waals surface area contributed by atoms with E-state index in [2.05, 4.69) is 24.1 Å². The lowest BCUT2D eigenvalue weighted by atomic mass is 10.0. The minimum atomic E-state index is -0.142. The lowest BCUT2D eigenvalue weighted by Crippen LogP contribution is -2.28. The molecule has 0 spiro atoms. The van der Waals surface area contributed by atoms with Gasteiger partial charge in [0.1, 0.15) is 9.53 Å². The summed E-state index contributed by atoms with van der Waals surface area (Å²) in [6, 6.07) is 11.7. The maximum Gasteiger partial charge on any atom is 0.272 e. The van der Waals surface area contributed by atoms with Crippen LogP contribution >= 0.6 is 23.1 Å². The van der Waals surface area contributed by atoms with Crippen LogP contribution in [-0.2, 0) is 16.1 Å². The predicted octanol–water partition coefficient (Wildman–Crippen LogP) is 5.04. The van der Waals surface area contributed by atoms with Gasteiger partial charge in [-0.25, -0.2) is 9.97 Å². The van der Waals surface area contributed by atoms with Crippen LogP contribution < -0.4 is 10.9 Å². The van der Waals surface area contributed by atoms with Crippen molar-refractivity contribution in [1.82, 2.24) is 14.5 Å². The van der Waals surface area contributed by atoms with Crippen molar-refractivity contribution in [1.29, 1.82) is 0 Å². The predicted molar refractivity (Wildman–Crippen MR) is 138 cm³/mol. The third-order valence-electron chi connectivity index (χ3n) is 5.92. The number of thiophene rings is 1. The molecular formula is C25H26N4O3S2. The van der Waals surface area contributed by atoms with Crippen molar-refractivity contribution in [2.75, 3.05) is 17.7 Å². The number of hydrogen-bond donors (Lipinski definition) is 1. The lowest BCUT2D eigenvalue weighted by Gasteiger charge is -2.15. The van der Waals surface area contributed by atoms with Gasteiger partial charge in [-0.05, 0) is 48.6 Å². The van der Waals surface area contributed by atoms with E-state index in [0.717, 1.165) is 28.7 Å². The van der Waals surface area contributed by atoms with Crippen LogP contribution in [0.25, 0.3) is 20.4 Å². The number of carbonyl (C=O) groups is 1. The first-order valence-electron chi connectivity index (χ1n) is 11.4. The number of ether oxygens (including phenoxy) is 1. The van der Waals surface area contributed by atoms with Gasteiger partial charge < -0.3 is 10.1 Å². The molecule has 1 saturated heterocycles. The molecule has 0 saturated carbocycles. The van der Waals surface area contributed by atoms with Gasteiger partial charge in [-0.3, -0.25) is 14.2 Å². The molecule has 0 aliphatic carbocycles. The van der Waals surface area contributed by atoms with Crippen LogP contribution in [0.5, 0.6) is 0 Å². The van der Waals surface area contributed by atoms with E-state index in [-0.39, 0.29) is 23.3 Å². The topological polar surface area (TPSA) is 86.1 Å². The first-order valence-corrected chi connectivity index (χ1v) is 13.2. The Bertz CT molecular complexity index is 1390. The Morgan fingerprint density at radius 1 is 1.29 bits per heavy atom. The summed E-state index contributed by atoms with van der Waals surface area (Å²) >= 11 is 2.64. The summed E-state index contributed by atoms with van der Waals surface area (Å²) in [6.45, 7) is 5.42. The summed E-state index contributed by atoms with van der Waals surface area (Å²) < 4.78 is 8.04. The molecule has 34 heavy (non-hydrogen) atoms. The Hall–Kier alpha value is -2.75. The van der Waals surface area contributed by atoms with Crippen molar-refractivity contribution in [2.24, 2.45) is 0 Å². The van der Waals surface area contributed by atoms with Gasteiger partial charge in [0.2, 0.25) is 5.91 Å². The molecule has 1 aliphatic heterocycles. The molecule has 0 radical (unpaired) electrons. The highest BCUT2D eigenvalue weighted by atomic mass is 32.2. The van der Waals surface area contributed by atoms with Gasteiger partial charge in [-0.2, -0.15) is 0 Å². The molecule has 1 aromatic carbocycles. The van der Waals surface area contributed by atoms with Crippen LogP contribution in [0.2, 0.25) is 0 Å². The molecule has 176 valence electrons. The number of amides is 1. The van der Waals surface area contributed by atoms with Crippen LogP contribution in [0, 0.1) is 0 Å². The standard InChI is InChI=1S/C25H26N4O3S2/c1-15(2)16-7-9-17(10-8-16)27-20(30)14-33-25-28-21-19-6-3-11-26-23(19)34-22(21)24(31)29(25)13-18-5-4-12-32-18/h3,6-11,15,18H,4-5,12-14H2,1-2H3,(H,27,30)/t18-/m0/s1. The van der Waals surface area contributed by atoms with Crippen LogP contribution in [0.1, 0.15) is 38.2 Å². The van der Waals surface area contributed by atoms with Gasteiger partial charge in [0.05, 0.1) is 23.9 Å². The molecule has 0 unspecified atom stereocenters. The first kappa shape index (κ1) is 23.0. The van der Waals surface area contributed by atoms with Gasteiger partial charge in [-0.1, -0.05) is 37.7 Å². The zero-order chi connectivity index (χ0) is 23.7. The lowest BCUT2D eigenvalue weighted by molar-refractivity contribution is -0.113. The molecule has 9 heteroatoms. The maximum absolute atomic E-state index is 13.5. The number of thioether (sulfide) groups is 1. The summed E-state index contributed by atoms with van der Waals surface area (Å²) in [4.78, 5) is 36.2. The summed E-state index contributed by atoms with van der Waals surface area (Å²) in [5.74, 6) is 0.442. The highest BCUT2D eigenvalue weighted by molar-refractivity contribution is 7.99. The average molecular weight is 495 g/mol. The van der Waals surface area contributed by atoms with Gasteiger partial charge in [0.15, 0.2) is 5.16 Å². The van der Waals surface area contributed by atoms with E-state index < -0.39 is 0 Å². The van der Waals surface area contributed by atoms with Crippen molar-refractivity contribution in [3.63, 3.8) is 0 Å². The van der Waals surface area contributed by atoms with E-state index in [4.69, 9.17) is 9.72 Å². The summed E-state index contributed by atoms with van der Waals surface area (Å²) in [7, 11) is 0. The number of carbonyl (C=O) groups excluding carboxylic acids is 1. The van der Waals surface area contributed by atoms with E-state index in [0.29, 0.717) is 34.4 Å². The Kier molecular flexibility index (Phi) is 6.67. The quantitative estimate of drug-likeness (QED) is 0.286. The zero-order valence-electron chi connectivity index (χ0n) is 19.1. The van der Waals surface area contributed by atoms with Gasteiger partial charge in [-0.15, -0.1) is 11.3 Å². The van der Waals surface area contributed by atoms with Crippen molar-refractivity contribution < 1.29 is 9.53 Å². The zero-order valence-corrected chi connectivity index (χ0v) is 20.7. The van der Waals surface area contributed by atoms with Crippen LogP contribution in [-0.4, -0.2) is 38.9 Å². The number of hydrogen-bond acceptors (Lipinski definition) is 7. The number of nitrogens with one attached hydrogen (secondary N) is 1. The number of fused-ring (bicyclic) bond motifs is 3. The van der Waals surface area contributed by atoms with E-state index >= 15 is 0 Å². The molecule has 3 aromatic heterocycles. The second-order valence-corrected chi connectivity index (χ2v) is 10.6. The summed E-state index contributed by atoms with van der Waals surface area (Å²) in [5.41, 5.74) is 2.52. The highest BCUT2D eigenvalue weighted by Crippen LogP contribution is 2.31. The largest absolute Gasteiger partial charge is 0.376 e. The number of benzene rings is 1. The molecule has 0 bridgehead atoms. The summed E-state index contributed by atoms with van der Waals surface area (Å²) in [5, 5.41) is 4.33. The fourth-order valence-corrected chi connectivity index (χ4v) is 5.92. The number of nitrogens with zero attached hydrogens (tertiary/aromatic N) is 3. The molecule has 1 atom stereocenters. The highest BCUT2D eigenvalue weighted by Gasteiger charge is 2.22. The molecule has 1 fully saturated rings. The van der Waals surface area contributed by atoms with Gasteiger partial charge in [0.25, 0.3) is 5.56 Å². The molecule has 7 nitrogen and oxygen atoms in total. The Morgan fingerprint density at radius 3 is 2.85 bits per heavy atom. The number of anilines is 1. The molecular weight excluding hydrogens is 468 g/mol. The number of pyridine rings is 1. The van der Waals surface area contributed by atoms with Crippen molar-refractivity contribution in [2.45, 2.75) is 50.4 Å². The Morgan fingerprint density at radius 2 is 2.12 bits per heavy atom. The van der Waals surface area contributed by atoms with Gasteiger partial charge >= 0.3 is 0 Å². The molecule has 4 heterocycles. The summed E-state index contributed by atoms with van der Waals surface area (Å²) in [6.07, 6.45) is 3.60. The van der Waals surface area contributed by atoms with Crippen molar-refractivity contribution in [3.8, 4) is 0 Å². The molecule has 1 N–H and O–H groups in total. The fraction of sp³-hybridized carbons (Fsp3) is 0.360. The molecule has 1 aliphatic rings. The smallest absolute Gasteiger partial charge is 0.272 e. The van der Waals surface area contributed by atoms with E-state index in [1.165, 1.54) is 28.7 Å². The monoisotopic (exact) mass is 494 g/mol. The maximum atomic E-state index is 13.5. The Labute approximate surface area is 205 Å². The second kappa shape index (κ2) is 9.85. The molecule has 5 rings (SSSR count). The first-order chi connectivity index (χ1) is 16.5. The minimum Gasteiger partial charge on any atom is -0.376 e. The SMILES string of the molecule is CC(C)c1ccc(NC(=O)CSc2nc3c(sc4ncccc43)c(=O)n2C[C@@H]2CCCO2)cc1. The second-order valence-electron chi connectivity index (χ2n) is 8.69. The number of aromatic nitrogens is 3. The normalized spacial score (nSPS) is 16.0. The van der Waals surface area contributed by atoms with Crippen LogP contribution in [0.3, 0.4) is 0 Å². The third-order valence-corrected chi connectivity index (χ3v) is 7.99.